The quantitative estimate of drug-likeness (QED) is 0.681. The Morgan fingerprint density at radius 2 is 2.00 bits per heavy atom. The maximum atomic E-state index is 5.84. The van der Waals surface area contributed by atoms with E-state index in [9.17, 15) is 0 Å². The normalized spacial score (nSPS) is 24.7. The minimum Gasteiger partial charge on any atom is -0.490 e. The highest BCUT2D eigenvalue weighted by Gasteiger charge is 2.29. The lowest BCUT2D eigenvalue weighted by atomic mass is 9.89. The second kappa shape index (κ2) is 5.16. The molecule has 0 bridgehead atoms. The molecule has 0 aromatic heterocycles. The first kappa shape index (κ1) is 11.2. The van der Waals surface area contributed by atoms with Gasteiger partial charge in [-0.2, -0.15) is 0 Å². The van der Waals surface area contributed by atoms with E-state index in [-0.39, 0.29) is 0 Å². The van der Waals surface area contributed by atoms with Crippen molar-refractivity contribution in [3.05, 3.63) is 29.8 Å². The van der Waals surface area contributed by atoms with Gasteiger partial charge in [0.1, 0.15) is 11.9 Å². The van der Waals surface area contributed by atoms with Gasteiger partial charge in [-0.15, -0.1) is 0 Å². The van der Waals surface area contributed by atoms with Gasteiger partial charge in [0.2, 0.25) is 0 Å². The zero-order valence-corrected chi connectivity index (χ0v) is 11.0. The highest BCUT2D eigenvalue weighted by atomic mass is 127. The van der Waals surface area contributed by atoms with Crippen molar-refractivity contribution in [2.24, 2.45) is 0 Å². The van der Waals surface area contributed by atoms with Gasteiger partial charge in [0, 0.05) is 10.5 Å². The van der Waals surface area contributed by atoms with Crippen molar-refractivity contribution in [3.63, 3.8) is 0 Å². The van der Waals surface area contributed by atoms with E-state index in [1.54, 1.807) is 0 Å². The molecule has 1 fully saturated rings. The maximum absolute atomic E-state index is 5.84. The molecular formula is C12H16INO. The van der Waals surface area contributed by atoms with Gasteiger partial charge in [0.05, 0.1) is 0 Å². The van der Waals surface area contributed by atoms with Crippen LogP contribution in [0.15, 0.2) is 24.3 Å². The van der Waals surface area contributed by atoms with Gasteiger partial charge >= 0.3 is 0 Å². The summed E-state index contributed by atoms with van der Waals surface area (Å²) < 4.78 is 6.90. The Balaban J connectivity index is 1.84. The third-order valence-corrected chi connectivity index (χ3v) is 3.76. The second-order valence-corrected chi connectivity index (χ2v) is 4.74. The summed E-state index contributed by atoms with van der Waals surface area (Å²) in [7, 11) is 2.01. The van der Waals surface area contributed by atoms with E-state index in [0.29, 0.717) is 12.1 Å². The van der Waals surface area contributed by atoms with Crippen LogP contribution in [-0.2, 0) is 4.43 Å². The molecule has 3 heteroatoms. The third kappa shape index (κ3) is 2.84. The monoisotopic (exact) mass is 317 g/mol. The van der Waals surface area contributed by atoms with Crippen molar-refractivity contribution in [3.8, 4) is 5.75 Å². The van der Waals surface area contributed by atoms with Crippen LogP contribution in [0.1, 0.15) is 18.4 Å². The van der Waals surface area contributed by atoms with Gasteiger partial charge in [-0.25, -0.2) is 0 Å². The number of hydrogen-bond donors (Lipinski definition) is 1. The van der Waals surface area contributed by atoms with Crippen molar-refractivity contribution in [2.75, 3.05) is 7.05 Å². The Hall–Kier alpha value is -0.290. The fourth-order valence-corrected chi connectivity index (χ4v) is 2.26. The molecule has 1 aliphatic carbocycles. The standard InChI is InChI=1S/C12H16INO/c1-14-10-6-12(7-10)15-11-4-2-9(8-13)3-5-11/h2-5,10,12,14H,6-8H2,1H3/t10-,12-. The molecule has 1 aliphatic rings. The topological polar surface area (TPSA) is 21.3 Å². The van der Waals surface area contributed by atoms with Gasteiger partial charge in [-0.05, 0) is 37.6 Å². The van der Waals surface area contributed by atoms with Crippen LogP contribution < -0.4 is 10.1 Å². The SMILES string of the molecule is CN[C@H]1C[C@H](Oc2ccc(CI)cc2)C1. The average molecular weight is 317 g/mol. The predicted octanol–water partition coefficient (Wildman–Crippen LogP) is 2.75. The molecule has 15 heavy (non-hydrogen) atoms. The van der Waals surface area contributed by atoms with Gasteiger partial charge in [-0.3, -0.25) is 0 Å². The summed E-state index contributed by atoms with van der Waals surface area (Å²) in [6.07, 6.45) is 2.67. The summed E-state index contributed by atoms with van der Waals surface area (Å²) in [5.41, 5.74) is 1.35. The van der Waals surface area contributed by atoms with Crippen LogP contribution in [0.4, 0.5) is 0 Å². The van der Waals surface area contributed by atoms with E-state index < -0.39 is 0 Å². The molecule has 0 saturated heterocycles. The van der Waals surface area contributed by atoms with Gasteiger partial charge in [0.25, 0.3) is 0 Å². The van der Waals surface area contributed by atoms with Crippen molar-refractivity contribution < 1.29 is 4.74 Å². The lowest BCUT2D eigenvalue weighted by Crippen LogP contribution is -2.45. The number of hydrogen-bond acceptors (Lipinski definition) is 2. The first-order valence-electron chi connectivity index (χ1n) is 5.30. The molecule has 1 aromatic carbocycles. The summed E-state index contributed by atoms with van der Waals surface area (Å²) in [6.45, 7) is 0. The van der Waals surface area contributed by atoms with Crippen molar-refractivity contribution >= 4 is 22.6 Å². The molecule has 2 rings (SSSR count). The summed E-state index contributed by atoms with van der Waals surface area (Å²) in [5, 5.41) is 3.25. The Bertz CT molecular complexity index is 306. The summed E-state index contributed by atoms with van der Waals surface area (Å²) >= 11 is 2.37. The van der Waals surface area contributed by atoms with Gasteiger partial charge < -0.3 is 10.1 Å². The smallest absolute Gasteiger partial charge is 0.119 e. The average Bonchev–Trinajstić information content (AvgIpc) is 2.23. The minimum absolute atomic E-state index is 0.410. The maximum Gasteiger partial charge on any atom is 0.119 e. The lowest BCUT2D eigenvalue weighted by molar-refractivity contribution is 0.0885. The highest BCUT2D eigenvalue weighted by molar-refractivity contribution is 14.1. The zero-order valence-electron chi connectivity index (χ0n) is 8.87. The molecule has 1 saturated carbocycles. The van der Waals surface area contributed by atoms with Crippen LogP contribution in [0.3, 0.4) is 0 Å². The lowest BCUT2D eigenvalue weighted by Gasteiger charge is -2.35. The largest absolute Gasteiger partial charge is 0.490 e. The van der Waals surface area contributed by atoms with Crippen LogP contribution in [0.5, 0.6) is 5.75 Å². The highest BCUT2D eigenvalue weighted by Crippen LogP contribution is 2.26. The van der Waals surface area contributed by atoms with E-state index in [2.05, 4.69) is 52.2 Å². The van der Waals surface area contributed by atoms with Crippen molar-refractivity contribution in [1.82, 2.24) is 5.32 Å². The molecule has 0 aliphatic heterocycles. The molecule has 0 amide bonds. The minimum atomic E-state index is 0.410. The van der Waals surface area contributed by atoms with Gasteiger partial charge in [0.15, 0.2) is 0 Å². The first-order chi connectivity index (χ1) is 7.31. The number of halogens is 1. The molecule has 1 N–H and O–H groups in total. The molecule has 0 radical (unpaired) electrons. The van der Waals surface area contributed by atoms with Crippen LogP contribution in [0, 0.1) is 0 Å². The van der Waals surface area contributed by atoms with Crippen molar-refractivity contribution in [1.29, 1.82) is 0 Å². The molecule has 0 unspecified atom stereocenters. The molecular weight excluding hydrogens is 301 g/mol. The van der Waals surface area contributed by atoms with E-state index >= 15 is 0 Å². The van der Waals surface area contributed by atoms with E-state index in [1.165, 1.54) is 5.56 Å². The number of ether oxygens (including phenoxy) is 1. The second-order valence-electron chi connectivity index (χ2n) is 3.97. The Labute approximate surface area is 105 Å². The number of rotatable bonds is 4. The zero-order chi connectivity index (χ0) is 10.7. The van der Waals surface area contributed by atoms with Crippen LogP contribution >= 0.6 is 22.6 Å². The van der Waals surface area contributed by atoms with Crippen molar-refractivity contribution in [2.45, 2.75) is 29.4 Å². The molecule has 0 atom stereocenters. The van der Waals surface area contributed by atoms with E-state index in [4.69, 9.17) is 4.74 Å². The fourth-order valence-electron chi connectivity index (χ4n) is 1.75. The predicted molar refractivity (Wildman–Crippen MR) is 70.7 cm³/mol. The number of alkyl halides is 1. The Kier molecular flexibility index (Phi) is 3.86. The Morgan fingerprint density at radius 3 is 2.53 bits per heavy atom. The molecule has 0 heterocycles. The fraction of sp³-hybridized carbons (Fsp3) is 0.500. The van der Waals surface area contributed by atoms with Crippen LogP contribution in [0.2, 0.25) is 0 Å². The summed E-state index contributed by atoms with van der Waals surface area (Å²) in [4.78, 5) is 0. The molecule has 2 nitrogen and oxygen atoms in total. The molecule has 0 spiro atoms. The molecule has 82 valence electrons. The Morgan fingerprint density at radius 1 is 1.33 bits per heavy atom. The van der Waals surface area contributed by atoms with Crippen LogP contribution in [-0.4, -0.2) is 19.2 Å². The molecule has 1 aromatic rings. The van der Waals surface area contributed by atoms with E-state index in [1.807, 2.05) is 7.05 Å². The van der Waals surface area contributed by atoms with Gasteiger partial charge in [-0.1, -0.05) is 34.7 Å². The third-order valence-electron chi connectivity index (χ3n) is 2.88. The first-order valence-corrected chi connectivity index (χ1v) is 6.83. The van der Waals surface area contributed by atoms with Crippen LogP contribution in [0.25, 0.3) is 0 Å². The number of benzene rings is 1. The van der Waals surface area contributed by atoms with E-state index in [0.717, 1.165) is 23.0 Å². The summed E-state index contributed by atoms with van der Waals surface area (Å²) in [6, 6.07) is 9.07. The summed E-state index contributed by atoms with van der Waals surface area (Å²) in [5.74, 6) is 1.00. The number of nitrogens with one attached hydrogen (secondary N) is 1.